The van der Waals surface area contributed by atoms with Gasteiger partial charge in [0.25, 0.3) is 0 Å². The van der Waals surface area contributed by atoms with Crippen LogP contribution in [0, 0.1) is 0 Å². The lowest BCUT2D eigenvalue weighted by molar-refractivity contribution is 0.0809. The highest BCUT2D eigenvalue weighted by Crippen LogP contribution is 2.20. The maximum absolute atomic E-state index is 9.73. The van der Waals surface area contributed by atoms with Crippen LogP contribution >= 0.6 is 0 Å². The highest BCUT2D eigenvalue weighted by Gasteiger charge is 2.17. The Labute approximate surface area is 92.1 Å². The average Bonchev–Trinajstić information content (AvgIpc) is 1.99. The summed E-state index contributed by atoms with van der Waals surface area (Å²) in [5.41, 5.74) is 7.26. The number of hydrogen-bond acceptors (Lipinski definition) is 2. The van der Waals surface area contributed by atoms with Gasteiger partial charge in [-0.1, -0.05) is 24.3 Å². The molecule has 0 saturated carbocycles. The molecule has 0 aliphatic carbocycles. The molecule has 0 atom stereocenters. The summed E-state index contributed by atoms with van der Waals surface area (Å²) in [5.74, 6) is 0. The van der Waals surface area contributed by atoms with Crippen molar-refractivity contribution in [1.82, 2.24) is 0 Å². The van der Waals surface area contributed by atoms with Gasteiger partial charge in [0.05, 0.1) is 5.60 Å². The summed E-state index contributed by atoms with van der Waals surface area (Å²) in [6.07, 6.45) is 0.650. The van der Waals surface area contributed by atoms with Crippen molar-refractivity contribution in [2.75, 3.05) is 0 Å². The first-order chi connectivity index (χ1) is 6.68. The Hall–Kier alpha value is -0.860. The van der Waals surface area contributed by atoms with Gasteiger partial charge < -0.3 is 10.8 Å². The van der Waals surface area contributed by atoms with Crippen LogP contribution in [0.4, 0.5) is 0 Å². The second-order valence-electron chi connectivity index (χ2n) is 5.41. The molecule has 0 fully saturated rings. The van der Waals surface area contributed by atoms with Crippen LogP contribution in [0.5, 0.6) is 0 Å². The zero-order valence-electron chi connectivity index (χ0n) is 10.0. The van der Waals surface area contributed by atoms with E-state index in [-0.39, 0.29) is 5.54 Å². The van der Waals surface area contributed by atoms with Gasteiger partial charge in [-0.15, -0.1) is 0 Å². The minimum absolute atomic E-state index is 0.324. The lowest BCUT2D eigenvalue weighted by Gasteiger charge is -2.22. The maximum Gasteiger partial charge on any atom is 0.0631 e. The van der Waals surface area contributed by atoms with Gasteiger partial charge in [-0.25, -0.2) is 0 Å². The molecular weight excluding hydrogens is 186 g/mol. The lowest BCUT2D eigenvalue weighted by atomic mass is 9.91. The Morgan fingerprint density at radius 3 is 2.27 bits per heavy atom. The number of rotatable bonds is 3. The number of nitrogens with two attached hydrogens (primary N) is 1. The highest BCUT2D eigenvalue weighted by molar-refractivity contribution is 5.29. The molecule has 0 aliphatic rings. The molecule has 0 unspecified atom stereocenters. The molecule has 3 N–H and O–H groups in total. The van der Waals surface area contributed by atoms with Crippen LogP contribution in [0.25, 0.3) is 0 Å². The molecule has 2 nitrogen and oxygen atoms in total. The summed E-state index contributed by atoms with van der Waals surface area (Å²) >= 11 is 0. The zero-order valence-corrected chi connectivity index (χ0v) is 10.0. The fourth-order valence-corrected chi connectivity index (χ4v) is 1.58. The van der Waals surface area contributed by atoms with Gasteiger partial charge >= 0.3 is 0 Å². The largest absolute Gasteiger partial charge is 0.390 e. The first kappa shape index (κ1) is 12.2. The Bertz CT molecular complexity index is 331. The van der Waals surface area contributed by atoms with E-state index >= 15 is 0 Å². The third kappa shape index (κ3) is 4.02. The molecule has 1 aromatic rings. The van der Waals surface area contributed by atoms with E-state index in [1.165, 1.54) is 0 Å². The topological polar surface area (TPSA) is 46.2 Å². The summed E-state index contributed by atoms with van der Waals surface area (Å²) in [4.78, 5) is 0. The Balaban J connectivity index is 2.94. The van der Waals surface area contributed by atoms with Crippen LogP contribution in [0.2, 0.25) is 0 Å². The third-order valence-electron chi connectivity index (χ3n) is 2.31. The van der Waals surface area contributed by atoms with Crippen molar-refractivity contribution in [3.8, 4) is 0 Å². The molecule has 0 saturated heterocycles. The van der Waals surface area contributed by atoms with Gasteiger partial charge in [0.2, 0.25) is 0 Å². The van der Waals surface area contributed by atoms with E-state index in [4.69, 9.17) is 5.73 Å². The standard InChI is InChI=1S/C13H21NO/c1-12(2,15)9-10-6-5-7-11(8-10)13(3,4)14/h5-8,15H,9,14H2,1-4H3. The van der Waals surface area contributed by atoms with Crippen LogP contribution in [-0.2, 0) is 12.0 Å². The molecule has 84 valence electrons. The smallest absolute Gasteiger partial charge is 0.0631 e. The summed E-state index contributed by atoms with van der Waals surface area (Å²) in [6.45, 7) is 7.59. The van der Waals surface area contributed by atoms with Gasteiger partial charge in [0.1, 0.15) is 0 Å². The predicted molar refractivity (Wildman–Crippen MR) is 63.7 cm³/mol. The minimum Gasteiger partial charge on any atom is -0.390 e. The third-order valence-corrected chi connectivity index (χ3v) is 2.31. The van der Waals surface area contributed by atoms with Crippen LogP contribution in [0.15, 0.2) is 24.3 Å². The summed E-state index contributed by atoms with van der Waals surface area (Å²) < 4.78 is 0. The molecule has 1 rings (SSSR count). The normalized spacial score (nSPS) is 12.9. The van der Waals surface area contributed by atoms with E-state index in [1.807, 2.05) is 45.9 Å². The molecule has 0 aliphatic heterocycles. The van der Waals surface area contributed by atoms with Gasteiger partial charge in [-0.3, -0.25) is 0 Å². The molecule has 2 heteroatoms. The van der Waals surface area contributed by atoms with Crippen molar-refractivity contribution in [2.45, 2.75) is 45.3 Å². The van der Waals surface area contributed by atoms with Crippen molar-refractivity contribution in [1.29, 1.82) is 0 Å². The first-order valence-corrected chi connectivity index (χ1v) is 5.29. The van der Waals surface area contributed by atoms with Crippen molar-refractivity contribution in [3.05, 3.63) is 35.4 Å². The molecule has 0 radical (unpaired) electrons. The van der Waals surface area contributed by atoms with Crippen molar-refractivity contribution in [3.63, 3.8) is 0 Å². The van der Waals surface area contributed by atoms with Gasteiger partial charge in [0.15, 0.2) is 0 Å². The fourth-order valence-electron chi connectivity index (χ4n) is 1.58. The van der Waals surface area contributed by atoms with E-state index in [9.17, 15) is 5.11 Å². The van der Waals surface area contributed by atoms with E-state index in [0.717, 1.165) is 11.1 Å². The Morgan fingerprint density at radius 2 is 1.80 bits per heavy atom. The molecule has 0 spiro atoms. The highest BCUT2D eigenvalue weighted by atomic mass is 16.3. The molecule has 1 aromatic carbocycles. The lowest BCUT2D eigenvalue weighted by Crippen LogP contribution is -2.29. The van der Waals surface area contributed by atoms with Crippen LogP contribution in [0.1, 0.15) is 38.8 Å². The Kier molecular flexibility index (Phi) is 3.22. The monoisotopic (exact) mass is 207 g/mol. The summed E-state index contributed by atoms with van der Waals surface area (Å²) in [5, 5.41) is 9.73. The quantitative estimate of drug-likeness (QED) is 0.798. The van der Waals surface area contributed by atoms with Gasteiger partial charge in [-0.05, 0) is 38.8 Å². The van der Waals surface area contributed by atoms with Crippen molar-refractivity contribution in [2.24, 2.45) is 5.73 Å². The first-order valence-electron chi connectivity index (χ1n) is 5.29. The molecular formula is C13H21NO. The minimum atomic E-state index is -0.669. The zero-order chi connectivity index (χ0) is 11.7. The number of benzene rings is 1. The second kappa shape index (κ2) is 3.95. The predicted octanol–water partition coefficient (Wildman–Crippen LogP) is 2.19. The summed E-state index contributed by atoms with van der Waals surface area (Å²) in [7, 11) is 0. The molecule has 0 aromatic heterocycles. The van der Waals surface area contributed by atoms with E-state index < -0.39 is 5.60 Å². The van der Waals surface area contributed by atoms with Crippen molar-refractivity contribution >= 4 is 0 Å². The Morgan fingerprint density at radius 1 is 1.20 bits per heavy atom. The number of hydrogen-bond donors (Lipinski definition) is 2. The van der Waals surface area contributed by atoms with Gasteiger partial charge in [0, 0.05) is 12.0 Å². The van der Waals surface area contributed by atoms with Crippen molar-refractivity contribution < 1.29 is 5.11 Å². The van der Waals surface area contributed by atoms with Crippen LogP contribution < -0.4 is 5.73 Å². The fraction of sp³-hybridized carbons (Fsp3) is 0.538. The van der Waals surface area contributed by atoms with E-state index in [0.29, 0.717) is 6.42 Å². The van der Waals surface area contributed by atoms with Crippen LogP contribution in [-0.4, -0.2) is 10.7 Å². The van der Waals surface area contributed by atoms with E-state index in [1.54, 1.807) is 0 Å². The SMILES string of the molecule is CC(C)(O)Cc1cccc(C(C)(C)N)c1. The maximum atomic E-state index is 9.73. The van der Waals surface area contributed by atoms with E-state index in [2.05, 4.69) is 6.07 Å². The van der Waals surface area contributed by atoms with Gasteiger partial charge in [-0.2, -0.15) is 0 Å². The molecule has 0 amide bonds. The molecule has 15 heavy (non-hydrogen) atoms. The average molecular weight is 207 g/mol. The number of aliphatic hydroxyl groups is 1. The summed E-state index contributed by atoms with van der Waals surface area (Å²) in [6, 6.07) is 8.10. The van der Waals surface area contributed by atoms with Crippen LogP contribution in [0.3, 0.4) is 0 Å². The molecule has 0 bridgehead atoms. The second-order valence-corrected chi connectivity index (χ2v) is 5.41. The molecule has 0 heterocycles.